The summed E-state index contributed by atoms with van der Waals surface area (Å²) >= 11 is 0. The van der Waals surface area contributed by atoms with Crippen LogP contribution in [0.25, 0.3) is 0 Å². The molecule has 1 aliphatic heterocycles. The van der Waals surface area contributed by atoms with Crippen LogP contribution in [0.1, 0.15) is 35.3 Å². The standard InChI is InChI=1S/C15H18N4O/c20-15(18-9-5-2-6-10-18)14-12-19(17-16-14)11-13-7-3-1-4-8-13/h1,3-4,7-8,12H,2,5-6,9-11H2. The van der Waals surface area contributed by atoms with Crippen LogP contribution in [0.3, 0.4) is 0 Å². The van der Waals surface area contributed by atoms with Crippen molar-refractivity contribution in [3.63, 3.8) is 0 Å². The Kier molecular flexibility index (Phi) is 3.76. The molecule has 0 radical (unpaired) electrons. The van der Waals surface area contributed by atoms with E-state index in [2.05, 4.69) is 10.3 Å². The summed E-state index contributed by atoms with van der Waals surface area (Å²) < 4.78 is 1.71. The number of nitrogens with zero attached hydrogens (tertiary/aromatic N) is 4. The third kappa shape index (κ3) is 2.87. The summed E-state index contributed by atoms with van der Waals surface area (Å²) in [6.07, 6.45) is 5.13. The first-order valence-corrected chi connectivity index (χ1v) is 7.06. The van der Waals surface area contributed by atoms with Gasteiger partial charge in [-0.15, -0.1) is 5.10 Å². The molecule has 0 saturated carbocycles. The van der Waals surface area contributed by atoms with Gasteiger partial charge in [0.1, 0.15) is 0 Å². The lowest BCUT2D eigenvalue weighted by Crippen LogP contribution is -2.35. The highest BCUT2D eigenvalue weighted by Crippen LogP contribution is 2.12. The number of carbonyl (C=O) groups excluding carboxylic acids is 1. The molecule has 1 aliphatic rings. The molecular formula is C15H18N4O. The Morgan fingerprint density at radius 1 is 1.10 bits per heavy atom. The number of aromatic nitrogens is 3. The average Bonchev–Trinajstić information content (AvgIpc) is 2.97. The van der Waals surface area contributed by atoms with Crippen molar-refractivity contribution in [2.75, 3.05) is 13.1 Å². The number of hydrogen-bond donors (Lipinski definition) is 0. The number of hydrogen-bond acceptors (Lipinski definition) is 3. The number of likely N-dealkylation sites (tertiary alicyclic amines) is 1. The molecule has 2 heterocycles. The van der Waals surface area contributed by atoms with E-state index < -0.39 is 0 Å². The fraction of sp³-hybridized carbons (Fsp3) is 0.400. The van der Waals surface area contributed by atoms with Crippen molar-refractivity contribution in [1.82, 2.24) is 19.9 Å². The Bertz CT molecular complexity index is 573. The molecular weight excluding hydrogens is 252 g/mol. The molecule has 0 unspecified atom stereocenters. The maximum Gasteiger partial charge on any atom is 0.276 e. The normalized spacial score (nSPS) is 15.3. The number of carbonyl (C=O) groups is 1. The fourth-order valence-corrected chi connectivity index (χ4v) is 2.50. The molecule has 2 aromatic rings. The molecule has 0 N–H and O–H groups in total. The van der Waals surface area contributed by atoms with Crippen molar-refractivity contribution in [2.45, 2.75) is 25.8 Å². The van der Waals surface area contributed by atoms with Gasteiger partial charge >= 0.3 is 0 Å². The molecule has 1 saturated heterocycles. The Morgan fingerprint density at radius 2 is 1.85 bits per heavy atom. The quantitative estimate of drug-likeness (QED) is 0.856. The van der Waals surface area contributed by atoms with Crippen LogP contribution in [-0.4, -0.2) is 38.9 Å². The molecule has 1 aromatic heterocycles. The average molecular weight is 270 g/mol. The fourth-order valence-electron chi connectivity index (χ4n) is 2.50. The van der Waals surface area contributed by atoms with Gasteiger partial charge in [-0.2, -0.15) is 0 Å². The van der Waals surface area contributed by atoms with Crippen LogP contribution in [0.15, 0.2) is 36.5 Å². The Balaban J connectivity index is 1.68. The first kappa shape index (κ1) is 12.8. The number of rotatable bonds is 3. The lowest BCUT2D eigenvalue weighted by atomic mass is 10.1. The van der Waals surface area contributed by atoms with E-state index in [9.17, 15) is 4.79 Å². The summed E-state index contributed by atoms with van der Waals surface area (Å²) in [6.45, 7) is 2.32. The molecule has 0 bridgehead atoms. The molecule has 20 heavy (non-hydrogen) atoms. The van der Waals surface area contributed by atoms with Crippen LogP contribution < -0.4 is 0 Å². The molecule has 1 aromatic carbocycles. The lowest BCUT2D eigenvalue weighted by Gasteiger charge is -2.25. The van der Waals surface area contributed by atoms with E-state index in [4.69, 9.17) is 0 Å². The Hall–Kier alpha value is -2.17. The van der Waals surface area contributed by atoms with Gasteiger partial charge < -0.3 is 4.90 Å². The molecule has 5 heteroatoms. The van der Waals surface area contributed by atoms with Gasteiger partial charge in [-0.05, 0) is 24.8 Å². The molecule has 1 amide bonds. The van der Waals surface area contributed by atoms with Gasteiger partial charge in [-0.25, -0.2) is 4.68 Å². The molecule has 0 aliphatic carbocycles. The second kappa shape index (κ2) is 5.86. The van der Waals surface area contributed by atoms with Gasteiger partial charge in [0.05, 0.1) is 12.7 Å². The van der Waals surface area contributed by atoms with Crippen molar-refractivity contribution in [2.24, 2.45) is 0 Å². The minimum atomic E-state index is 0.00371. The van der Waals surface area contributed by atoms with Gasteiger partial charge in [0, 0.05) is 13.1 Å². The highest BCUT2D eigenvalue weighted by Gasteiger charge is 2.20. The summed E-state index contributed by atoms with van der Waals surface area (Å²) in [5.74, 6) is 0.00371. The van der Waals surface area contributed by atoms with Gasteiger partial charge in [-0.1, -0.05) is 35.5 Å². The van der Waals surface area contributed by atoms with Crippen molar-refractivity contribution < 1.29 is 4.79 Å². The highest BCUT2D eigenvalue weighted by molar-refractivity contribution is 5.91. The summed E-state index contributed by atoms with van der Waals surface area (Å²) in [7, 11) is 0. The SMILES string of the molecule is O=C(c1cn(Cc2ccccc2)nn1)N1CCCCC1. The van der Waals surface area contributed by atoms with E-state index in [1.54, 1.807) is 10.9 Å². The van der Waals surface area contributed by atoms with Crippen molar-refractivity contribution in [1.29, 1.82) is 0 Å². The lowest BCUT2D eigenvalue weighted by molar-refractivity contribution is 0.0718. The Morgan fingerprint density at radius 3 is 2.60 bits per heavy atom. The number of amides is 1. The summed E-state index contributed by atoms with van der Waals surface area (Å²) in [5, 5.41) is 8.06. The number of benzene rings is 1. The first-order valence-electron chi connectivity index (χ1n) is 7.06. The van der Waals surface area contributed by atoms with Crippen molar-refractivity contribution in [3.8, 4) is 0 Å². The maximum absolute atomic E-state index is 12.3. The van der Waals surface area contributed by atoms with Crippen LogP contribution in [-0.2, 0) is 6.54 Å². The van der Waals surface area contributed by atoms with Crippen molar-refractivity contribution >= 4 is 5.91 Å². The minimum Gasteiger partial charge on any atom is -0.337 e. The molecule has 3 rings (SSSR count). The van der Waals surface area contributed by atoms with Gasteiger partial charge in [0.25, 0.3) is 5.91 Å². The summed E-state index contributed by atoms with van der Waals surface area (Å²) in [6, 6.07) is 10.0. The third-order valence-corrected chi connectivity index (χ3v) is 3.59. The zero-order valence-corrected chi connectivity index (χ0v) is 11.4. The van der Waals surface area contributed by atoms with Gasteiger partial charge in [-0.3, -0.25) is 4.79 Å². The van der Waals surface area contributed by atoms with Crippen LogP contribution in [0.4, 0.5) is 0 Å². The topological polar surface area (TPSA) is 51.0 Å². The van der Waals surface area contributed by atoms with E-state index in [-0.39, 0.29) is 5.91 Å². The predicted molar refractivity (Wildman–Crippen MR) is 75.3 cm³/mol. The van der Waals surface area contributed by atoms with Crippen LogP contribution in [0, 0.1) is 0 Å². The molecule has 5 nitrogen and oxygen atoms in total. The smallest absolute Gasteiger partial charge is 0.276 e. The summed E-state index contributed by atoms with van der Waals surface area (Å²) in [4.78, 5) is 14.2. The Labute approximate surface area is 118 Å². The molecule has 0 atom stereocenters. The molecule has 1 fully saturated rings. The zero-order chi connectivity index (χ0) is 13.8. The van der Waals surface area contributed by atoms with Crippen LogP contribution >= 0.6 is 0 Å². The van der Waals surface area contributed by atoms with E-state index in [0.29, 0.717) is 12.2 Å². The van der Waals surface area contributed by atoms with Gasteiger partial charge in [0.15, 0.2) is 5.69 Å². The third-order valence-electron chi connectivity index (χ3n) is 3.59. The summed E-state index contributed by atoms with van der Waals surface area (Å²) in [5.41, 5.74) is 1.59. The predicted octanol–water partition coefficient (Wildman–Crippen LogP) is 1.95. The van der Waals surface area contributed by atoms with E-state index in [0.717, 1.165) is 31.5 Å². The number of piperidine rings is 1. The first-order chi connectivity index (χ1) is 9.83. The minimum absolute atomic E-state index is 0.00371. The van der Waals surface area contributed by atoms with E-state index >= 15 is 0 Å². The van der Waals surface area contributed by atoms with Gasteiger partial charge in [0.2, 0.25) is 0 Å². The molecule has 104 valence electrons. The van der Waals surface area contributed by atoms with E-state index in [1.165, 1.54) is 6.42 Å². The maximum atomic E-state index is 12.3. The molecule has 0 spiro atoms. The van der Waals surface area contributed by atoms with Crippen molar-refractivity contribution in [3.05, 3.63) is 47.8 Å². The van der Waals surface area contributed by atoms with E-state index in [1.807, 2.05) is 35.2 Å². The second-order valence-electron chi connectivity index (χ2n) is 5.14. The zero-order valence-electron chi connectivity index (χ0n) is 11.4. The van der Waals surface area contributed by atoms with Crippen LogP contribution in [0.2, 0.25) is 0 Å². The highest BCUT2D eigenvalue weighted by atomic mass is 16.2. The second-order valence-corrected chi connectivity index (χ2v) is 5.14. The largest absolute Gasteiger partial charge is 0.337 e. The van der Waals surface area contributed by atoms with Crippen LogP contribution in [0.5, 0.6) is 0 Å². The monoisotopic (exact) mass is 270 g/mol.